The molecule has 3 heterocycles. The molecule has 0 aliphatic heterocycles. The Bertz CT molecular complexity index is 906. The van der Waals surface area contributed by atoms with Crippen molar-refractivity contribution in [1.29, 1.82) is 0 Å². The van der Waals surface area contributed by atoms with Crippen LogP contribution >= 0.6 is 0 Å². The fourth-order valence-electron chi connectivity index (χ4n) is 3.20. The van der Waals surface area contributed by atoms with E-state index in [1.807, 2.05) is 0 Å². The van der Waals surface area contributed by atoms with E-state index in [9.17, 15) is 4.79 Å². The summed E-state index contributed by atoms with van der Waals surface area (Å²) >= 11 is 0. The van der Waals surface area contributed by atoms with Crippen LogP contribution in [0.1, 0.15) is 41.1 Å². The highest BCUT2D eigenvalue weighted by molar-refractivity contribution is 5.60. The highest BCUT2D eigenvalue weighted by atomic mass is 16.2. The topological polar surface area (TPSA) is 110 Å². The second-order valence-electron chi connectivity index (χ2n) is 6.20. The molecule has 0 unspecified atom stereocenters. The van der Waals surface area contributed by atoms with Gasteiger partial charge in [-0.1, -0.05) is 0 Å². The molecule has 25 heavy (non-hydrogen) atoms. The zero-order valence-corrected chi connectivity index (χ0v) is 14.5. The number of aromatic amines is 3. The van der Waals surface area contributed by atoms with E-state index in [2.05, 4.69) is 39.0 Å². The molecule has 4 N–H and O–H groups in total. The summed E-state index contributed by atoms with van der Waals surface area (Å²) in [5.41, 5.74) is 6.40. The van der Waals surface area contributed by atoms with E-state index in [0.717, 1.165) is 36.3 Å². The first-order chi connectivity index (χ1) is 12.1. The molecule has 0 aromatic carbocycles. The first-order valence-electron chi connectivity index (χ1n) is 8.46. The fourth-order valence-corrected chi connectivity index (χ4v) is 3.20. The molecule has 3 aromatic heterocycles. The van der Waals surface area contributed by atoms with E-state index >= 15 is 0 Å². The molecule has 0 saturated carbocycles. The van der Waals surface area contributed by atoms with Gasteiger partial charge in [0.1, 0.15) is 0 Å². The van der Waals surface area contributed by atoms with Gasteiger partial charge in [-0.05, 0) is 44.2 Å². The van der Waals surface area contributed by atoms with E-state index in [-0.39, 0.29) is 12.2 Å². The predicted octanol–water partition coefficient (Wildman–Crippen LogP) is 2.01. The third-order valence-corrected chi connectivity index (χ3v) is 4.55. The maximum atomic E-state index is 11.9. The van der Waals surface area contributed by atoms with Crippen LogP contribution in [0.15, 0.2) is 23.4 Å². The number of aryl methyl sites for hydroxylation is 1. The molecule has 132 valence electrons. The first kappa shape index (κ1) is 17.2. The Kier molecular flexibility index (Phi) is 5.14. The van der Waals surface area contributed by atoms with Gasteiger partial charge in [-0.3, -0.25) is 19.9 Å². The highest BCUT2D eigenvalue weighted by Gasteiger charge is 2.16. The molecule has 0 bridgehead atoms. The number of hydrogen-bond donors (Lipinski definition) is 4. The van der Waals surface area contributed by atoms with Gasteiger partial charge in [0.15, 0.2) is 0 Å². The van der Waals surface area contributed by atoms with Crippen LogP contribution < -0.4 is 5.56 Å². The largest absolute Gasteiger partial charge is 0.396 e. The van der Waals surface area contributed by atoms with Crippen molar-refractivity contribution in [3.63, 3.8) is 0 Å². The van der Waals surface area contributed by atoms with Crippen LogP contribution in [0.4, 0.5) is 0 Å². The van der Waals surface area contributed by atoms with Crippen molar-refractivity contribution in [2.75, 3.05) is 6.61 Å². The SMILES string of the molecule is Cc1[nH]c(Cc2nccnc2-c2c[nH][nH]c2=O)c(C)c1CCCCO. The highest BCUT2D eigenvalue weighted by Crippen LogP contribution is 2.24. The van der Waals surface area contributed by atoms with Crippen molar-refractivity contribution in [1.82, 2.24) is 25.1 Å². The Morgan fingerprint density at radius 3 is 2.68 bits per heavy atom. The molecular weight excluding hydrogens is 318 g/mol. The van der Waals surface area contributed by atoms with Crippen LogP contribution in [0, 0.1) is 13.8 Å². The normalized spacial score (nSPS) is 11.2. The van der Waals surface area contributed by atoms with E-state index in [1.54, 1.807) is 18.6 Å². The van der Waals surface area contributed by atoms with Crippen LogP contribution in [0.2, 0.25) is 0 Å². The fraction of sp³-hybridized carbons (Fsp3) is 0.389. The molecule has 3 aromatic rings. The van der Waals surface area contributed by atoms with E-state index < -0.39 is 0 Å². The number of nitrogens with one attached hydrogen (secondary N) is 3. The lowest BCUT2D eigenvalue weighted by atomic mass is 10.0. The minimum Gasteiger partial charge on any atom is -0.396 e. The molecule has 0 spiro atoms. The monoisotopic (exact) mass is 341 g/mol. The lowest BCUT2D eigenvalue weighted by molar-refractivity contribution is 0.284. The number of aromatic nitrogens is 5. The van der Waals surface area contributed by atoms with Crippen molar-refractivity contribution in [3.8, 4) is 11.3 Å². The summed E-state index contributed by atoms with van der Waals surface area (Å²) in [5.74, 6) is 0. The number of rotatable bonds is 7. The van der Waals surface area contributed by atoms with Gasteiger partial charge in [-0.2, -0.15) is 0 Å². The van der Waals surface area contributed by atoms with Crippen molar-refractivity contribution in [2.24, 2.45) is 0 Å². The number of hydrogen-bond acceptors (Lipinski definition) is 4. The summed E-state index contributed by atoms with van der Waals surface area (Å²) in [7, 11) is 0. The first-order valence-corrected chi connectivity index (χ1v) is 8.46. The smallest absolute Gasteiger partial charge is 0.273 e. The second kappa shape index (κ2) is 7.48. The number of aliphatic hydroxyl groups is 1. The molecule has 3 rings (SSSR count). The minimum absolute atomic E-state index is 0.203. The number of H-pyrrole nitrogens is 3. The van der Waals surface area contributed by atoms with Crippen LogP contribution in [0.5, 0.6) is 0 Å². The maximum Gasteiger partial charge on any atom is 0.273 e. The van der Waals surface area contributed by atoms with Crippen molar-refractivity contribution >= 4 is 0 Å². The summed E-state index contributed by atoms with van der Waals surface area (Å²) < 4.78 is 0. The van der Waals surface area contributed by atoms with Crippen LogP contribution in [0.3, 0.4) is 0 Å². The van der Waals surface area contributed by atoms with Crippen LogP contribution in [-0.4, -0.2) is 36.9 Å². The van der Waals surface area contributed by atoms with E-state index in [0.29, 0.717) is 17.7 Å². The minimum atomic E-state index is -0.203. The molecule has 7 nitrogen and oxygen atoms in total. The maximum absolute atomic E-state index is 11.9. The molecule has 0 aliphatic carbocycles. The van der Waals surface area contributed by atoms with Gasteiger partial charge in [0.05, 0.1) is 17.0 Å². The summed E-state index contributed by atoms with van der Waals surface area (Å²) in [5, 5.41) is 14.2. The van der Waals surface area contributed by atoms with Crippen molar-refractivity contribution < 1.29 is 5.11 Å². The molecule has 0 fully saturated rings. The molecular formula is C18H23N5O2. The van der Waals surface area contributed by atoms with Gasteiger partial charge < -0.3 is 15.2 Å². The summed E-state index contributed by atoms with van der Waals surface area (Å²) in [6.45, 7) is 4.40. The van der Waals surface area contributed by atoms with Gasteiger partial charge in [0.2, 0.25) is 0 Å². The van der Waals surface area contributed by atoms with Crippen molar-refractivity contribution in [3.05, 3.63) is 57.2 Å². The lowest BCUT2D eigenvalue weighted by Crippen LogP contribution is -2.06. The lowest BCUT2D eigenvalue weighted by Gasteiger charge is -2.06. The summed E-state index contributed by atoms with van der Waals surface area (Å²) in [6.07, 6.45) is 8.16. The summed E-state index contributed by atoms with van der Waals surface area (Å²) in [6, 6.07) is 0. The third-order valence-electron chi connectivity index (χ3n) is 4.55. The van der Waals surface area contributed by atoms with Gasteiger partial charge >= 0.3 is 0 Å². The molecule has 0 aliphatic rings. The number of unbranched alkanes of at least 4 members (excludes halogenated alkanes) is 1. The zero-order valence-electron chi connectivity index (χ0n) is 14.5. The molecule has 7 heteroatoms. The average molecular weight is 341 g/mol. The van der Waals surface area contributed by atoms with Crippen LogP contribution in [0.25, 0.3) is 11.3 Å². The van der Waals surface area contributed by atoms with Gasteiger partial charge in [0.25, 0.3) is 5.56 Å². The average Bonchev–Trinajstić information content (AvgIpc) is 3.14. The Labute approximate surface area is 145 Å². The van der Waals surface area contributed by atoms with E-state index in [4.69, 9.17) is 5.11 Å². The predicted molar refractivity (Wildman–Crippen MR) is 95.5 cm³/mol. The van der Waals surface area contributed by atoms with Crippen LogP contribution in [-0.2, 0) is 12.8 Å². The Hall–Kier alpha value is -2.67. The molecule has 0 amide bonds. The van der Waals surface area contributed by atoms with E-state index in [1.165, 1.54) is 11.1 Å². The van der Waals surface area contributed by atoms with Gasteiger partial charge in [0, 0.05) is 43.0 Å². The Morgan fingerprint density at radius 1 is 1.16 bits per heavy atom. The summed E-state index contributed by atoms with van der Waals surface area (Å²) in [4.78, 5) is 24.2. The second-order valence-corrected chi connectivity index (χ2v) is 6.20. The quantitative estimate of drug-likeness (QED) is 0.493. The third kappa shape index (κ3) is 3.56. The van der Waals surface area contributed by atoms with Gasteiger partial charge in [-0.15, -0.1) is 0 Å². The Balaban J connectivity index is 1.90. The standard InChI is InChI=1S/C18H23N5O2/c1-11-13(5-3-4-8-24)12(2)22-15(11)9-16-17(20-7-6-19-16)14-10-21-23-18(14)25/h6-7,10,22,24H,3-5,8-9H2,1-2H3,(H2,21,23,25). The van der Waals surface area contributed by atoms with Crippen molar-refractivity contribution in [2.45, 2.75) is 39.5 Å². The van der Waals surface area contributed by atoms with Gasteiger partial charge in [-0.25, -0.2) is 0 Å². The molecule has 0 saturated heterocycles. The molecule has 0 radical (unpaired) electrons. The zero-order chi connectivity index (χ0) is 17.8. The number of aliphatic hydroxyl groups excluding tert-OH is 1. The number of nitrogens with zero attached hydrogens (tertiary/aromatic N) is 2. The molecule has 0 atom stereocenters. The Morgan fingerprint density at radius 2 is 1.96 bits per heavy atom.